The van der Waals surface area contributed by atoms with Crippen molar-refractivity contribution in [1.82, 2.24) is 0 Å². The molecule has 1 aliphatic heterocycles. The van der Waals surface area contributed by atoms with Gasteiger partial charge in [0.25, 0.3) is 0 Å². The highest BCUT2D eigenvalue weighted by molar-refractivity contribution is 5.95. The van der Waals surface area contributed by atoms with Gasteiger partial charge in [-0.05, 0) is 37.0 Å². The van der Waals surface area contributed by atoms with Gasteiger partial charge in [0, 0.05) is 24.7 Å². The van der Waals surface area contributed by atoms with Crippen molar-refractivity contribution in [3.63, 3.8) is 0 Å². The number of rotatable bonds is 3. The molecule has 0 radical (unpaired) electrons. The van der Waals surface area contributed by atoms with Gasteiger partial charge >= 0.3 is 0 Å². The molecule has 0 saturated heterocycles. The number of benzene rings is 2. The summed E-state index contributed by atoms with van der Waals surface area (Å²) in [5.41, 5.74) is 10.8. The van der Waals surface area contributed by atoms with Crippen LogP contribution < -0.4 is 10.6 Å². The molecule has 0 aromatic heterocycles. The number of hydrogen-bond donors (Lipinski definition) is 1. The Morgan fingerprint density at radius 2 is 2.00 bits per heavy atom. The van der Waals surface area contributed by atoms with E-state index in [1.54, 1.807) is 0 Å². The Balaban J connectivity index is 1.77. The second kappa shape index (κ2) is 6.32. The summed E-state index contributed by atoms with van der Waals surface area (Å²) in [6.45, 7) is 2.88. The Labute approximate surface area is 131 Å². The van der Waals surface area contributed by atoms with E-state index in [-0.39, 0.29) is 11.9 Å². The molecule has 2 N–H and O–H groups in total. The predicted octanol–water partition coefficient (Wildman–Crippen LogP) is 3.36. The smallest absolute Gasteiger partial charge is 0.228 e. The first kappa shape index (κ1) is 14.8. The van der Waals surface area contributed by atoms with Gasteiger partial charge in [0.1, 0.15) is 0 Å². The molecular weight excluding hydrogens is 272 g/mol. The van der Waals surface area contributed by atoms with Crippen LogP contribution in [0.3, 0.4) is 0 Å². The van der Waals surface area contributed by atoms with Crippen molar-refractivity contribution < 1.29 is 4.79 Å². The Hall–Kier alpha value is -2.13. The third-order valence-corrected chi connectivity index (χ3v) is 4.28. The lowest BCUT2D eigenvalue weighted by Gasteiger charge is -2.30. The quantitative estimate of drug-likeness (QED) is 0.943. The molecule has 1 amide bonds. The Morgan fingerprint density at radius 1 is 1.23 bits per heavy atom. The average molecular weight is 294 g/mol. The maximum Gasteiger partial charge on any atom is 0.228 e. The normalized spacial score (nSPS) is 15.3. The second-order valence-corrected chi connectivity index (χ2v) is 6.00. The molecule has 3 rings (SSSR count). The Kier molecular flexibility index (Phi) is 4.25. The number of hydrogen-bond acceptors (Lipinski definition) is 2. The van der Waals surface area contributed by atoms with Gasteiger partial charge in [-0.3, -0.25) is 4.79 Å². The fraction of sp³-hybridized carbons (Fsp3) is 0.316. The van der Waals surface area contributed by atoms with Gasteiger partial charge in [-0.1, -0.05) is 48.0 Å². The largest absolute Gasteiger partial charge is 0.324 e. The van der Waals surface area contributed by atoms with E-state index in [4.69, 9.17) is 5.73 Å². The molecule has 0 fully saturated rings. The van der Waals surface area contributed by atoms with E-state index in [1.807, 2.05) is 35.2 Å². The second-order valence-electron chi connectivity index (χ2n) is 6.00. The van der Waals surface area contributed by atoms with Gasteiger partial charge < -0.3 is 10.6 Å². The molecule has 0 spiro atoms. The zero-order chi connectivity index (χ0) is 15.5. The monoisotopic (exact) mass is 294 g/mol. The number of amides is 1. The minimum atomic E-state index is -0.246. The van der Waals surface area contributed by atoms with Crippen molar-refractivity contribution >= 4 is 11.6 Å². The lowest BCUT2D eigenvalue weighted by Crippen LogP contribution is -2.37. The third kappa shape index (κ3) is 3.04. The summed E-state index contributed by atoms with van der Waals surface area (Å²) < 4.78 is 0. The molecule has 2 aromatic carbocycles. The van der Waals surface area contributed by atoms with Crippen molar-refractivity contribution in [2.75, 3.05) is 11.4 Å². The molecule has 0 aliphatic carbocycles. The van der Waals surface area contributed by atoms with Gasteiger partial charge in [0.15, 0.2) is 0 Å². The highest BCUT2D eigenvalue weighted by Gasteiger charge is 2.24. The van der Waals surface area contributed by atoms with Crippen molar-refractivity contribution in [2.45, 2.75) is 32.2 Å². The van der Waals surface area contributed by atoms with Crippen LogP contribution in [0.5, 0.6) is 0 Å². The van der Waals surface area contributed by atoms with Gasteiger partial charge in [-0.15, -0.1) is 0 Å². The molecule has 0 bridgehead atoms. The summed E-state index contributed by atoms with van der Waals surface area (Å²) in [5, 5.41) is 0. The maximum absolute atomic E-state index is 12.7. The fourth-order valence-electron chi connectivity index (χ4n) is 3.10. The summed E-state index contributed by atoms with van der Waals surface area (Å²) in [4.78, 5) is 14.6. The highest BCUT2D eigenvalue weighted by atomic mass is 16.2. The minimum absolute atomic E-state index is 0.112. The first-order chi connectivity index (χ1) is 10.6. The van der Waals surface area contributed by atoms with Crippen LogP contribution in [-0.4, -0.2) is 12.5 Å². The molecule has 22 heavy (non-hydrogen) atoms. The van der Waals surface area contributed by atoms with E-state index in [0.717, 1.165) is 30.6 Å². The van der Waals surface area contributed by atoms with Crippen molar-refractivity contribution in [3.05, 3.63) is 65.2 Å². The summed E-state index contributed by atoms with van der Waals surface area (Å²) in [6.07, 6.45) is 2.41. The van der Waals surface area contributed by atoms with Crippen LogP contribution in [0.1, 0.15) is 35.6 Å². The number of carbonyl (C=O) groups is 1. The summed E-state index contributed by atoms with van der Waals surface area (Å²) in [6, 6.07) is 15.9. The van der Waals surface area contributed by atoms with Crippen molar-refractivity contribution in [3.8, 4) is 0 Å². The number of nitrogens with two attached hydrogens (primary N) is 1. The standard InChI is InChI=1S/C19H22N2O/c1-14-9-10-18-16(12-14)8-5-11-21(18)19(22)13-17(20)15-6-3-2-4-7-15/h2-4,6-7,9-10,12,17H,5,8,11,13,20H2,1H3. The average Bonchev–Trinajstić information content (AvgIpc) is 2.54. The Bertz CT molecular complexity index is 666. The zero-order valence-electron chi connectivity index (χ0n) is 13.0. The molecule has 2 aromatic rings. The summed E-state index contributed by atoms with van der Waals surface area (Å²) in [7, 11) is 0. The predicted molar refractivity (Wildman–Crippen MR) is 89.8 cm³/mol. The SMILES string of the molecule is Cc1ccc2c(c1)CCCN2C(=O)CC(N)c1ccccc1. The van der Waals surface area contributed by atoms with Crippen molar-refractivity contribution in [1.29, 1.82) is 0 Å². The van der Waals surface area contributed by atoms with Crippen LogP contribution in [0.2, 0.25) is 0 Å². The highest BCUT2D eigenvalue weighted by Crippen LogP contribution is 2.29. The van der Waals surface area contributed by atoms with Gasteiger partial charge in [-0.25, -0.2) is 0 Å². The first-order valence-electron chi connectivity index (χ1n) is 7.85. The van der Waals surface area contributed by atoms with Gasteiger partial charge in [0.05, 0.1) is 0 Å². The minimum Gasteiger partial charge on any atom is -0.324 e. The van der Waals surface area contributed by atoms with Gasteiger partial charge in [0.2, 0.25) is 5.91 Å². The topological polar surface area (TPSA) is 46.3 Å². The van der Waals surface area contributed by atoms with E-state index in [2.05, 4.69) is 25.1 Å². The van der Waals surface area contributed by atoms with Crippen LogP contribution in [0, 0.1) is 6.92 Å². The van der Waals surface area contributed by atoms with Gasteiger partial charge in [-0.2, -0.15) is 0 Å². The molecule has 0 saturated carbocycles. The molecule has 114 valence electrons. The number of nitrogens with zero attached hydrogens (tertiary/aromatic N) is 1. The number of aryl methyl sites for hydroxylation is 2. The van der Waals surface area contributed by atoms with Crippen molar-refractivity contribution in [2.24, 2.45) is 5.73 Å². The molecule has 1 aliphatic rings. The molecule has 1 atom stereocenters. The lowest BCUT2D eigenvalue weighted by atomic mass is 9.98. The number of fused-ring (bicyclic) bond motifs is 1. The van der Waals surface area contributed by atoms with Crippen LogP contribution in [-0.2, 0) is 11.2 Å². The van der Waals surface area contributed by atoms with E-state index >= 15 is 0 Å². The van der Waals surface area contributed by atoms with Crippen LogP contribution >= 0.6 is 0 Å². The molecule has 3 heteroatoms. The lowest BCUT2D eigenvalue weighted by molar-refractivity contribution is -0.119. The molecule has 1 heterocycles. The number of anilines is 1. The summed E-state index contributed by atoms with van der Waals surface area (Å²) >= 11 is 0. The van der Waals surface area contributed by atoms with Crippen LogP contribution in [0.4, 0.5) is 5.69 Å². The summed E-state index contributed by atoms with van der Waals surface area (Å²) in [5.74, 6) is 0.112. The zero-order valence-corrected chi connectivity index (χ0v) is 13.0. The molecular formula is C19H22N2O. The molecule has 1 unspecified atom stereocenters. The fourth-order valence-corrected chi connectivity index (χ4v) is 3.10. The Morgan fingerprint density at radius 3 is 2.77 bits per heavy atom. The third-order valence-electron chi connectivity index (χ3n) is 4.28. The van der Waals surface area contributed by atoms with Crippen LogP contribution in [0.25, 0.3) is 0 Å². The van der Waals surface area contributed by atoms with E-state index in [9.17, 15) is 4.79 Å². The molecule has 3 nitrogen and oxygen atoms in total. The maximum atomic E-state index is 12.7. The van der Waals surface area contributed by atoms with E-state index in [0.29, 0.717) is 6.42 Å². The van der Waals surface area contributed by atoms with Crippen LogP contribution in [0.15, 0.2) is 48.5 Å². The number of carbonyl (C=O) groups excluding carboxylic acids is 1. The van der Waals surface area contributed by atoms with E-state index < -0.39 is 0 Å². The van der Waals surface area contributed by atoms with E-state index in [1.165, 1.54) is 11.1 Å². The first-order valence-corrected chi connectivity index (χ1v) is 7.85.